The maximum atomic E-state index is 5.59. The molecule has 0 saturated carbocycles. The zero-order valence-corrected chi connectivity index (χ0v) is 13.2. The summed E-state index contributed by atoms with van der Waals surface area (Å²) in [6.45, 7) is 4.85. The summed E-state index contributed by atoms with van der Waals surface area (Å²) in [4.78, 5) is 4.39. The first-order valence-electron chi connectivity index (χ1n) is 8.30. The van der Waals surface area contributed by atoms with E-state index in [0.717, 1.165) is 24.6 Å². The van der Waals surface area contributed by atoms with Crippen molar-refractivity contribution in [3.05, 3.63) is 11.7 Å². The van der Waals surface area contributed by atoms with Gasteiger partial charge in [0.05, 0.1) is 0 Å². The van der Waals surface area contributed by atoms with Crippen LogP contribution in [0, 0.1) is 0 Å². The van der Waals surface area contributed by atoms with E-state index in [2.05, 4.69) is 17.1 Å². The molecule has 1 atom stereocenters. The fourth-order valence-corrected chi connectivity index (χ4v) is 2.26. The molecule has 4 heteroatoms. The Kier molecular flexibility index (Phi) is 9.29. The molecule has 0 amide bonds. The van der Waals surface area contributed by atoms with Gasteiger partial charge in [0.25, 0.3) is 0 Å². The van der Waals surface area contributed by atoms with Crippen LogP contribution in [0.4, 0.5) is 0 Å². The van der Waals surface area contributed by atoms with Crippen LogP contribution in [0.15, 0.2) is 4.52 Å². The van der Waals surface area contributed by atoms with Crippen molar-refractivity contribution in [2.75, 3.05) is 6.54 Å². The Hall–Kier alpha value is -0.900. The van der Waals surface area contributed by atoms with Gasteiger partial charge in [-0.25, -0.2) is 0 Å². The third-order valence-corrected chi connectivity index (χ3v) is 3.77. The normalized spacial score (nSPS) is 12.8. The maximum absolute atomic E-state index is 5.59. The quantitative estimate of drug-likeness (QED) is 0.583. The van der Waals surface area contributed by atoms with Gasteiger partial charge in [-0.1, -0.05) is 70.4 Å². The molecule has 1 aromatic rings. The summed E-state index contributed by atoms with van der Waals surface area (Å²) in [5, 5.41) is 3.98. The fourth-order valence-electron chi connectivity index (χ4n) is 2.26. The standard InChI is InChI=1S/C16H31N3O/c1-3-4-5-6-7-8-9-10-11-12-15-18-16(19-20-15)14(2)13-17/h14H,3-13,17H2,1-2H3. The molecule has 116 valence electrons. The minimum Gasteiger partial charge on any atom is -0.339 e. The monoisotopic (exact) mass is 281 g/mol. The van der Waals surface area contributed by atoms with Crippen molar-refractivity contribution < 1.29 is 4.52 Å². The van der Waals surface area contributed by atoms with Gasteiger partial charge >= 0.3 is 0 Å². The molecule has 1 rings (SSSR count). The molecule has 2 N–H and O–H groups in total. The van der Waals surface area contributed by atoms with Crippen LogP contribution in [0.3, 0.4) is 0 Å². The highest BCUT2D eigenvalue weighted by Gasteiger charge is 2.11. The second-order valence-electron chi connectivity index (χ2n) is 5.76. The summed E-state index contributed by atoms with van der Waals surface area (Å²) in [6, 6.07) is 0. The molecule has 0 aliphatic heterocycles. The van der Waals surface area contributed by atoms with E-state index in [1.54, 1.807) is 0 Å². The molecule has 1 heterocycles. The number of aromatic nitrogens is 2. The molecule has 0 spiro atoms. The van der Waals surface area contributed by atoms with E-state index in [4.69, 9.17) is 10.3 Å². The molecule has 0 fully saturated rings. The molecule has 1 aromatic heterocycles. The lowest BCUT2D eigenvalue weighted by molar-refractivity contribution is 0.366. The number of nitrogens with zero attached hydrogens (tertiary/aromatic N) is 2. The topological polar surface area (TPSA) is 64.9 Å². The van der Waals surface area contributed by atoms with Crippen molar-refractivity contribution in [2.45, 2.75) is 84.0 Å². The lowest BCUT2D eigenvalue weighted by Crippen LogP contribution is -2.10. The van der Waals surface area contributed by atoms with Crippen LogP contribution in [0.5, 0.6) is 0 Å². The van der Waals surface area contributed by atoms with Crippen LogP contribution < -0.4 is 5.73 Å². The van der Waals surface area contributed by atoms with Gasteiger partial charge in [-0.2, -0.15) is 4.98 Å². The van der Waals surface area contributed by atoms with E-state index in [-0.39, 0.29) is 5.92 Å². The van der Waals surface area contributed by atoms with Gasteiger partial charge in [0.1, 0.15) is 0 Å². The zero-order valence-electron chi connectivity index (χ0n) is 13.2. The number of aryl methyl sites for hydroxylation is 1. The van der Waals surface area contributed by atoms with E-state index in [1.165, 1.54) is 51.4 Å². The SMILES string of the molecule is CCCCCCCCCCCc1nc(C(C)CN)no1. The minimum absolute atomic E-state index is 0.190. The highest BCUT2D eigenvalue weighted by atomic mass is 16.5. The summed E-state index contributed by atoms with van der Waals surface area (Å²) in [7, 11) is 0. The van der Waals surface area contributed by atoms with Gasteiger partial charge < -0.3 is 10.3 Å². The highest BCUT2D eigenvalue weighted by Crippen LogP contribution is 2.13. The molecular weight excluding hydrogens is 250 g/mol. The number of nitrogens with two attached hydrogens (primary N) is 1. The van der Waals surface area contributed by atoms with Crippen molar-refractivity contribution in [1.82, 2.24) is 10.1 Å². The van der Waals surface area contributed by atoms with Gasteiger partial charge in [-0.3, -0.25) is 0 Å². The molecule has 0 bridgehead atoms. The molecule has 20 heavy (non-hydrogen) atoms. The van der Waals surface area contributed by atoms with Crippen LogP contribution in [-0.4, -0.2) is 16.7 Å². The Morgan fingerprint density at radius 2 is 1.60 bits per heavy atom. The van der Waals surface area contributed by atoms with E-state index in [0.29, 0.717) is 6.54 Å². The number of rotatable bonds is 12. The zero-order chi connectivity index (χ0) is 14.6. The maximum Gasteiger partial charge on any atom is 0.226 e. The van der Waals surface area contributed by atoms with Crippen molar-refractivity contribution in [3.8, 4) is 0 Å². The lowest BCUT2D eigenvalue weighted by atomic mass is 10.1. The first-order valence-corrected chi connectivity index (χ1v) is 8.30. The van der Waals surface area contributed by atoms with Crippen LogP contribution in [0.1, 0.15) is 89.3 Å². The molecule has 0 saturated heterocycles. The third kappa shape index (κ3) is 7.04. The molecule has 0 aliphatic carbocycles. The van der Waals surface area contributed by atoms with Gasteiger partial charge in [0.2, 0.25) is 5.89 Å². The van der Waals surface area contributed by atoms with Crippen LogP contribution >= 0.6 is 0 Å². The highest BCUT2D eigenvalue weighted by molar-refractivity contribution is 4.94. The summed E-state index contributed by atoms with van der Waals surface area (Å²) < 4.78 is 5.24. The Labute approximate surface area is 123 Å². The van der Waals surface area contributed by atoms with E-state index in [9.17, 15) is 0 Å². The molecular formula is C16H31N3O. The fraction of sp³-hybridized carbons (Fsp3) is 0.875. The van der Waals surface area contributed by atoms with Gasteiger partial charge in [-0.05, 0) is 6.42 Å². The first-order chi connectivity index (χ1) is 9.77. The second kappa shape index (κ2) is 10.8. The van der Waals surface area contributed by atoms with Crippen molar-refractivity contribution in [2.24, 2.45) is 5.73 Å². The van der Waals surface area contributed by atoms with Gasteiger partial charge in [0, 0.05) is 18.9 Å². The summed E-state index contributed by atoms with van der Waals surface area (Å²) in [5.74, 6) is 1.71. The van der Waals surface area contributed by atoms with Gasteiger partial charge in [-0.15, -0.1) is 0 Å². The number of hydrogen-bond acceptors (Lipinski definition) is 4. The van der Waals surface area contributed by atoms with Crippen molar-refractivity contribution in [3.63, 3.8) is 0 Å². The second-order valence-corrected chi connectivity index (χ2v) is 5.76. The predicted molar refractivity (Wildman–Crippen MR) is 82.7 cm³/mol. The Morgan fingerprint density at radius 1 is 1.00 bits per heavy atom. The summed E-state index contributed by atoms with van der Waals surface area (Å²) in [6.07, 6.45) is 12.9. The Bertz CT molecular complexity index is 338. The Morgan fingerprint density at radius 3 is 2.20 bits per heavy atom. The predicted octanol–water partition coefficient (Wildman–Crippen LogP) is 4.21. The van der Waals surface area contributed by atoms with E-state index in [1.807, 2.05) is 6.92 Å². The third-order valence-electron chi connectivity index (χ3n) is 3.77. The molecule has 0 radical (unpaired) electrons. The molecule has 0 aliphatic rings. The van der Waals surface area contributed by atoms with Crippen LogP contribution in [0.25, 0.3) is 0 Å². The van der Waals surface area contributed by atoms with E-state index < -0.39 is 0 Å². The van der Waals surface area contributed by atoms with E-state index >= 15 is 0 Å². The average molecular weight is 281 g/mol. The summed E-state index contributed by atoms with van der Waals surface area (Å²) in [5.41, 5.74) is 5.59. The van der Waals surface area contributed by atoms with Gasteiger partial charge in [0.15, 0.2) is 5.82 Å². The van der Waals surface area contributed by atoms with Crippen LogP contribution in [-0.2, 0) is 6.42 Å². The van der Waals surface area contributed by atoms with Crippen molar-refractivity contribution in [1.29, 1.82) is 0 Å². The Balaban J connectivity index is 2.00. The molecule has 1 unspecified atom stereocenters. The average Bonchev–Trinajstić information content (AvgIpc) is 2.93. The minimum atomic E-state index is 0.190. The van der Waals surface area contributed by atoms with Crippen LogP contribution in [0.2, 0.25) is 0 Å². The smallest absolute Gasteiger partial charge is 0.226 e. The molecule has 0 aromatic carbocycles. The molecule has 4 nitrogen and oxygen atoms in total. The van der Waals surface area contributed by atoms with Crippen molar-refractivity contribution >= 4 is 0 Å². The first kappa shape index (κ1) is 17.2. The number of unbranched alkanes of at least 4 members (excludes halogenated alkanes) is 8. The lowest BCUT2D eigenvalue weighted by Gasteiger charge is -2.00. The summed E-state index contributed by atoms with van der Waals surface area (Å²) >= 11 is 0. The number of hydrogen-bond donors (Lipinski definition) is 1. The largest absolute Gasteiger partial charge is 0.339 e.